The van der Waals surface area contributed by atoms with Crippen LogP contribution < -0.4 is 10.6 Å². The molecule has 0 saturated carbocycles. The molecule has 4 unspecified atom stereocenters. The van der Waals surface area contributed by atoms with Crippen LogP contribution in [0.25, 0.3) is 0 Å². The van der Waals surface area contributed by atoms with Crippen molar-refractivity contribution < 1.29 is 14.4 Å². The summed E-state index contributed by atoms with van der Waals surface area (Å²) in [6, 6.07) is 14.6. The number of benzene rings is 2. The first-order valence-corrected chi connectivity index (χ1v) is 10.1. The van der Waals surface area contributed by atoms with E-state index in [1.54, 1.807) is 18.2 Å². The van der Waals surface area contributed by atoms with Gasteiger partial charge in [0.1, 0.15) is 5.54 Å². The smallest absolute Gasteiger partial charge is 0.250 e. The number of halogens is 1. The van der Waals surface area contributed by atoms with Crippen molar-refractivity contribution in [3.05, 3.63) is 64.7 Å². The normalized spacial score (nSPS) is 30.1. The van der Waals surface area contributed by atoms with Crippen molar-refractivity contribution in [2.45, 2.75) is 24.9 Å². The van der Waals surface area contributed by atoms with Gasteiger partial charge >= 0.3 is 0 Å². The molecule has 2 aromatic carbocycles. The van der Waals surface area contributed by atoms with Gasteiger partial charge < -0.3 is 5.32 Å². The molecule has 148 valence electrons. The molecule has 2 aromatic rings. The number of anilines is 1. The SMILES string of the molecule is CC1NC2(C(=O)Nc3ccc(Cl)cc32)C2C(=O)N(CCc3ccccc3)C(=O)C12. The summed E-state index contributed by atoms with van der Waals surface area (Å²) in [6.45, 7) is 2.16. The molecule has 3 amide bonds. The molecule has 4 atom stereocenters. The molecule has 0 aliphatic carbocycles. The van der Waals surface area contributed by atoms with Crippen LogP contribution in [0.5, 0.6) is 0 Å². The maximum absolute atomic E-state index is 13.4. The second kappa shape index (κ2) is 6.40. The summed E-state index contributed by atoms with van der Waals surface area (Å²) in [5.74, 6) is -2.17. The Morgan fingerprint density at radius 2 is 1.83 bits per heavy atom. The number of hydrogen-bond donors (Lipinski definition) is 2. The zero-order valence-electron chi connectivity index (χ0n) is 15.8. The van der Waals surface area contributed by atoms with Gasteiger partial charge in [0.15, 0.2) is 0 Å². The first kappa shape index (κ1) is 18.3. The molecule has 3 aliphatic rings. The topological polar surface area (TPSA) is 78.5 Å². The second-order valence-corrected chi connectivity index (χ2v) is 8.39. The number of imide groups is 1. The lowest BCUT2D eigenvalue weighted by Gasteiger charge is -2.29. The van der Waals surface area contributed by atoms with Gasteiger partial charge in [-0.15, -0.1) is 0 Å². The fourth-order valence-corrected chi connectivity index (χ4v) is 5.27. The Morgan fingerprint density at radius 1 is 1.07 bits per heavy atom. The summed E-state index contributed by atoms with van der Waals surface area (Å²) in [7, 11) is 0. The van der Waals surface area contributed by atoms with Gasteiger partial charge in [-0.1, -0.05) is 41.9 Å². The monoisotopic (exact) mass is 409 g/mol. The zero-order valence-corrected chi connectivity index (χ0v) is 16.6. The number of likely N-dealkylation sites (tertiary alicyclic amines) is 1. The van der Waals surface area contributed by atoms with Crippen molar-refractivity contribution in [3.63, 3.8) is 0 Å². The van der Waals surface area contributed by atoms with E-state index in [2.05, 4.69) is 10.6 Å². The molecule has 0 radical (unpaired) electrons. The average Bonchev–Trinajstić information content (AvgIpc) is 3.26. The zero-order chi connectivity index (χ0) is 20.3. The predicted molar refractivity (Wildman–Crippen MR) is 108 cm³/mol. The molecule has 2 saturated heterocycles. The Bertz CT molecular complexity index is 1040. The number of carbonyl (C=O) groups excluding carboxylic acids is 3. The first-order chi connectivity index (χ1) is 13.9. The minimum Gasteiger partial charge on any atom is -0.324 e. The molecule has 0 aromatic heterocycles. The molecule has 2 N–H and O–H groups in total. The van der Waals surface area contributed by atoms with Gasteiger partial charge in [0, 0.05) is 28.9 Å². The van der Waals surface area contributed by atoms with E-state index in [1.165, 1.54) is 4.90 Å². The van der Waals surface area contributed by atoms with Crippen molar-refractivity contribution in [1.29, 1.82) is 0 Å². The van der Waals surface area contributed by atoms with Gasteiger partial charge in [-0.25, -0.2) is 0 Å². The fourth-order valence-electron chi connectivity index (χ4n) is 5.10. The number of nitrogens with zero attached hydrogens (tertiary/aromatic N) is 1. The standard InChI is InChI=1S/C22H20ClN3O3/c1-12-17-18(20(28)26(19(17)27)10-9-13-5-3-2-4-6-13)22(25-12)15-11-14(23)7-8-16(15)24-21(22)29/h2-8,11-12,17-18,25H,9-10H2,1H3,(H,24,29). The van der Waals surface area contributed by atoms with E-state index in [9.17, 15) is 14.4 Å². The van der Waals surface area contributed by atoms with Crippen LogP contribution in [0.4, 0.5) is 5.69 Å². The molecule has 6 nitrogen and oxygen atoms in total. The summed E-state index contributed by atoms with van der Waals surface area (Å²) in [5, 5.41) is 6.62. The number of nitrogens with one attached hydrogen (secondary N) is 2. The molecule has 2 fully saturated rings. The molecule has 7 heteroatoms. The first-order valence-electron chi connectivity index (χ1n) is 9.72. The third kappa shape index (κ3) is 2.49. The van der Waals surface area contributed by atoms with Crippen LogP contribution in [0.15, 0.2) is 48.5 Å². The van der Waals surface area contributed by atoms with Gasteiger partial charge in [-0.05, 0) is 37.1 Å². The highest BCUT2D eigenvalue weighted by atomic mass is 35.5. The molecule has 3 aliphatic heterocycles. The summed E-state index contributed by atoms with van der Waals surface area (Å²) in [5.41, 5.74) is 1.06. The largest absolute Gasteiger partial charge is 0.324 e. The quantitative estimate of drug-likeness (QED) is 0.762. The van der Waals surface area contributed by atoms with E-state index in [0.29, 0.717) is 29.2 Å². The molecular weight excluding hydrogens is 390 g/mol. The maximum Gasteiger partial charge on any atom is 0.250 e. The lowest BCUT2D eigenvalue weighted by atomic mass is 9.76. The Balaban J connectivity index is 1.52. The van der Waals surface area contributed by atoms with Crippen molar-refractivity contribution >= 4 is 35.0 Å². The van der Waals surface area contributed by atoms with Gasteiger partial charge in [0.05, 0.1) is 11.8 Å². The molecule has 3 heterocycles. The maximum atomic E-state index is 13.4. The molecule has 0 bridgehead atoms. The average molecular weight is 410 g/mol. The predicted octanol–water partition coefficient (Wildman–Crippen LogP) is 2.32. The molecule has 1 spiro atoms. The summed E-state index contributed by atoms with van der Waals surface area (Å²) < 4.78 is 0. The number of carbonyl (C=O) groups is 3. The molecule has 5 rings (SSSR count). The Labute approximate surface area is 173 Å². The Hall–Kier alpha value is -2.70. The highest BCUT2D eigenvalue weighted by Crippen LogP contribution is 2.53. The molecular formula is C22H20ClN3O3. The van der Waals surface area contributed by atoms with E-state index in [0.717, 1.165) is 5.56 Å². The van der Waals surface area contributed by atoms with Crippen molar-refractivity contribution in [2.75, 3.05) is 11.9 Å². The van der Waals surface area contributed by atoms with Crippen LogP contribution in [0, 0.1) is 11.8 Å². The van der Waals surface area contributed by atoms with Gasteiger partial charge in [0.25, 0.3) is 0 Å². The summed E-state index contributed by atoms with van der Waals surface area (Å²) in [6.07, 6.45) is 0.585. The van der Waals surface area contributed by atoms with Gasteiger partial charge in [-0.2, -0.15) is 0 Å². The third-order valence-corrected chi connectivity index (χ3v) is 6.62. The summed E-state index contributed by atoms with van der Waals surface area (Å²) in [4.78, 5) is 41.0. The van der Waals surface area contributed by atoms with E-state index in [4.69, 9.17) is 11.6 Å². The van der Waals surface area contributed by atoms with E-state index in [-0.39, 0.29) is 23.8 Å². The van der Waals surface area contributed by atoms with Gasteiger partial charge in [0.2, 0.25) is 17.7 Å². The lowest BCUT2D eigenvalue weighted by Crippen LogP contribution is -2.53. The minimum atomic E-state index is -1.27. The van der Waals surface area contributed by atoms with Crippen LogP contribution in [0.3, 0.4) is 0 Å². The van der Waals surface area contributed by atoms with Crippen LogP contribution >= 0.6 is 11.6 Å². The lowest BCUT2D eigenvalue weighted by molar-refractivity contribution is -0.142. The van der Waals surface area contributed by atoms with Crippen LogP contribution in [-0.4, -0.2) is 35.2 Å². The van der Waals surface area contributed by atoms with Crippen molar-refractivity contribution in [3.8, 4) is 0 Å². The van der Waals surface area contributed by atoms with Crippen molar-refractivity contribution in [2.24, 2.45) is 11.8 Å². The van der Waals surface area contributed by atoms with Gasteiger partial charge in [-0.3, -0.25) is 24.6 Å². The third-order valence-electron chi connectivity index (χ3n) is 6.38. The number of rotatable bonds is 3. The fraction of sp³-hybridized carbons (Fsp3) is 0.318. The number of hydrogen-bond acceptors (Lipinski definition) is 4. The number of amides is 3. The second-order valence-electron chi connectivity index (χ2n) is 7.95. The Morgan fingerprint density at radius 3 is 2.59 bits per heavy atom. The van der Waals surface area contributed by atoms with Crippen molar-refractivity contribution in [1.82, 2.24) is 10.2 Å². The summed E-state index contributed by atoms with van der Waals surface area (Å²) >= 11 is 6.19. The van der Waals surface area contributed by atoms with Crippen LogP contribution in [-0.2, 0) is 26.3 Å². The van der Waals surface area contributed by atoms with Crippen LogP contribution in [0.2, 0.25) is 5.02 Å². The minimum absolute atomic E-state index is 0.212. The Kier molecular flexibility index (Phi) is 4.05. The van der Waals surface area contributed by atoms with E-state index >= 15 is 0 Å². The molecule has 29 heavy (non-hydrogen) atoms. The highest BCUT2D eigenvalue weighted by molar-refractivity contribution is 6.31. The number of fused-ring (bicyclic) bond motifs is 4. The highest BCUT2D eigenvalue weighted by Gasteiger charge is 2.69. The van der Waals surface area contributed by atoms with Crippen LogP contribution in [0.1, 0.15) is 18.1 Å². The van der Waals surface area contributed by atoms with E-state index in [1.807, 2.05) is 37.3 Å². The van der Waals surface area contributed by atoms with E-state index < -0.39 is 17.4 Å².